The van der Waals surface area contributed by atoms with E-state index in [4.69, 9.17) is 16.1 Å². The number of halogens is 1. The summed E-state index contributed by atoms with van der Waals surface area (Å²) >= 11 is 5.54. The molecule has 0 saturated heterocycles. The van der Waals surface area contributed by atoms with Gasteiger partial charge in [-0.2, -0.15) is 0 Å². The van der Waals surface area contributed by atoms with Crippen molar-refractivity contribution in [1.29, 1.82) is 0 Å². The monoisotopic (exact) mass is 287 g/mol. The first-order valence-electron chi connectivity index (χ1n) is 6.06. The molecule has 0 atom stereocenters. The van der Waals surface area contributed by atoms with Crippen LogP contribution in [0.3, 0.4) is 0 Å². The highest BCUT2D eigenvalue weighted by Gasteiger charge is 2.13. The van der Waals surface area contributed by atoms with Gasteiger partial charge in [0.15, 0.2) is 5.82 Å². The smallest absolute Gasteiger partial charge is 0.245 e. The first-order valence-corrected chi connectivity index (χ1v) is 6.59. The van der Waals surface area contributed by atoms with Crippen LogP contribution in [0.1, 0.15) is 25.0 Å². The Kier molecular flexibility index (Phi) is 6.35. The van der Waals surface area contributed by atoms with E-state index in [9.17, 15) is 9.59 Å². The van der Waals surface area contributed by atoms with Crippen molar-refractivity contribution in [2.24, 2.45) is 0 Å². The van der Waals surface area contributed by atoms with Crippen LogP contribution in [-0.4, -0.2) is 41.3 Å². The van der Waals surface area contributed by atoms with Crippen molar-refractivity contribution >= 4 is 29.2 Å². The molecule has 19 heavy (non-hydrogen) atoms. The lowest BCUT2D eigenvalue weighted by molar-refractivity contribution is -0.133. The minimum atomic E-state index is -0.304. The molecule has 1 aromatic heterocycles. The highest BCUT2D eigenvalue weighted by atomic mass is 35.5. The van der Waals surface area contributed by atoms with Gasteiger partial charge < -0.3 is 14.7 Å². The van der Waals surface area contributed by atoms with Gasteiger partial charge in [0.25, 0.3) is 0 Å². The fourth-order valence-electron chi connectivity index (χ4n) is 1.47. The van der Waals surface area contributed by atoms with E-state index in [1.54, 1.807) is 20.0 Å². The van der Waals surface area contributed by atoms with Crippen molar-refractivity contribution in [2.45, 2.75) is 26.2 Å². The van der Waals surface area contributed by atoms with Gasteiger partial charge >= 0.3 is 0 Å². The summed E-state index contributed by atoms with van der Waals surface area (Å²) in [6.45, 7) is 1.72. The van der Waals surface area contributed by atoms with Crippen molar-refractivity contribution in [1.82, 2.24) is 10.1 Å². The van der Waals surface area contributed by atoms with Gasteiger partial charge in [0.2, 0.25) is 11.8 Å². The lowest BCUT2D eigenvalue weighted by Crippen LogP contribution is -2.34. The molecule has 0 unspecified atom stereocenters. The quantitative estimate of drug-likeness (QED) is 0.613. The molecule has 7 heteroatoms. The molecule has 0 aliphatic carbocycles. The zero-order chi connectivity index (χ0) is 14.3. The van der Waals surface area contributed by atoms with E-state index < -0.39 is 0 Å². The molecule has 6 nitrogen and oxygen atoms in total. The fraction of sp³-hybridized carbons (Fsp3) is 0.583. The van der Waals surface area contributed by atoms with Gasteiger partial charge in [0.05, 0.1) is 6.54 Å². The summed E-state index contributed by atoms with van der Waals surface area (Å²) < 4.78 is 4.83. The van der Waals surface area contributed by atoms with Gasteiger partial charge in [0.1, 0.15) is 5.76 Å². The second-order valence-electron chi connectivity index (χ2n) is 4.27. The van der Waals surface area contributed by atoms with E-state index in [1.165, 1.54) is 4.90 Å². The van der Waals surface area contributed by atoms with E-state index in [0.29, 0.717) is 23.9 Å². The van der Waals surface area contributed by atoms with Crippen LogP contribution in [0.25, 0.3) is 0 Å². The van der Waals surface area contributed by atoms with Gasteiger partial charge in [-0.15, -0.1) is 11.6 Å². The summed E-state index contributed by atoms with van der Waals surface area (Å²) in [5.74, 6) is 1.13. The molecule has 0 bridgehead atoms. The van der Waals surface area contributed by atoms with Crippen LogP contribution in [0.4, 0.5) is 5.82 Å². The fourth-order valence-corrected chi connectivity index (χ4v) is 1.66. The zero-order valence-corrected chi connectivity index (χ0v) is 11.9. The number of alkyl halides is 1. The number of nitrogens with zero attached hydrogens (tertiary/aromatic N) is 2. The van der Waals surface area contributed by atoms with E-state index >= 15 is 0 Å². The number of rotatable bonds is 7. The maximum Gasteiger partial charge on any atom is 0.245 e. The maximum absolute atomic E-state index is 11.7. The van der Waals surface area contributed by atoms with Crippen LogP contribution in [0.2, 0.25) is 0 Å². The molecule has 1 rings (SSSR count). The van der Waals surface area contributed by atoms with Crippen LogP contribution in [0.5, 0.6) is 0 Å². The van der Waals surface area contributed by atoms with Crippen LogP contribution >= 0.6 is 11.6 Å². The highest BCUT2D eigenvalue weighted by Crippen LogP contribution is 2.07. The van der Waals surface area contributed by atoms with E-state index in [-0.39, 0.29) is 18.4 Å². The first-order chi connectivity index (χ1) is 9.02. The van der Waals surface area contributed by atoms with Crippen molar-refractivity contribution in [3.63, 3.8) is 0 Å². The SMILES string of the molecule is Cc1cc(NC(=O)CN(C)C(=O)CCCCCl)no1. The number of hydrogen-bond donors (Lipinski definition) is 1. The second-order valence-corrected chi connectivity index (χ2v) is 4.64. The van der Waals surface area contributed by atoms with Crippen molar-refractivity contribution in [2.75, 3.05) is 24.8 Å². The molecule has 0 saturated carbocycles. The predicted octanol–water partition coefficient (Wildman–Crippen LogP) is 1.79. The highest BCUT2D eigenvalue weighted by molar-refractivity contribution is 6.17. The molecule has 1 N–H and O–H groups in total. The molecule has 0 spiro atoms. The Morgan fingerprint density at radius 1 is 1.47 bits per heavy atom. The third kappa shape index (κ3) is 5.74. The van der Waals surface area contributed by atoms with Crippen LogP contribution in [-0.2, 0) is 9.59 Å². The number of carbonyl (C=O) groups is 2. The Labute approximate surface area is 117 Å². The lowest BCUT2D eigenvalue weighted by atomic mass is 10.2. The summed E-state index contributed by atoms with van der Waals surface area (Å²) in [4.78, 5) is 24.7. The summed E-state index contributed by atoms with van der Waals surface area (Å²) in [5.41, 5.74) is 0. The second kappa shape index (κ2) is 7.78. The molecular formula is C12H18ClN3O3. The number of amides is 2. The molecule has 0 aliphatic heterocycles. The van der Waals surface area contributed by atoms with E-state index in [1.807, 2.05) is 0 Å². The van der Waals surface area contributed by atoms with Crippen molar-refractivity contribution < 1.29 is 14.1 Å². The number of aromatic nitrogens is 1. The zero-order valence-electron chi connectivity index (χ0n) is 11.1. The molecule has 0 aromatic carbocycles. The average Bonchev–Trinajstić information content (AvgIpc) is 2.74. The third-order valence-corrected chi connectivity index (χ3v) is 2.74. The maximum atomic E-state index is 11.7. The molecule has 0 radical (unpaired) electrons. The number of carbonyl (C=O) groups excluding carboxylic acids is 2. The Hall–Kier alpha value is -1.56. The average molecular weight is 288 g/mol. The number of aryl methyl sites for hydroxylation is 1. The lowest BCUT2D eigenvalue weighted by Gasteiger charge is -2.16. The van der Waals surface area contributed by atoms with Crippen molar-refractivity contribution in [3.8, 4) is 0 Å². The van der Waals surface area contributed by atoms with Gasteiger partial charge in [-0.25, -0.2) is 0 Å². The van der Waals surface area contributed by atoms with Gasteiger partial charge in [-0.05, 0) is 19.8 Å². The van der Waals surface area contributed by atoms with Crippen LogP contribution < -0.4 is 5.32 Å². The molecule has 1 heterocycles. The Morgan fingerprint density at radius 3 is 2.79 bits per heavy atom. The normalized spacial score (nSPS) is 10.3. The molecule has 2 amide bonds. The number of anilines is 1. The molecule has 0 fully saturated rings. The molecule has 1 aromatic rings. The van der Waals surface area contributed by atoms with Gasteiger partial charge in [-0.1, -0.05) is 5.16 Å². The topological polar surface area (TPSA) is 75.4 Å². The Balaban J connectivity index is 2.32. The number of likely N-dealkylation sites (N-methyl/N-ethyl adjacent to an activating group) is 1. The number of unbranched alkanes of at least 4 members (excludes halogenated alkanes) is 1. The summed E-state index contributed by atoms with van der Waals surface area (Å²) in [7, 11) is 1.59. The summed E-state index contributed by atoms with van der Waals surface area (Å²) in [5, 5.41) is 6.20. The number of hydrogen-bond acceptors (Lipinski definition) is 4. The standard InChI is InChI=1S/C12H18ClN3O3/c1-9-7-10(15-19-9)14-11(17)8-16(2)12(18)5-3-4-6-13/h7H,3-6,8H2,1-2H3,(H,14,15,17). The predicted molar refractivity (Wildman–Crippen MR) is 72.1 cm³/mol. The minimum absolute atomic E-state index is 0.00832. The third-order valence-electron chi connectivity index (χ3n) is 2.48. The first kappa shape index (κ1) is 15.5. The molecule has 106 valence electrons. The summed E-state index contributed by atoms with van der Waals surface area (Å²) in [6.07, 6.45) is 1.93. The largest absolute Gasteiger partial charge is 0.360 e. The van der Waals surface area contributed by atoms with Crippen LogP contribution in [0.15, 0.2) is 10.6 Å². The van der Waals surface area contributed by atoms with E-state index in [2.05, 4.69) is 10.5 Å². The number of nitrogens with one attached hydrogen (secondary N) is 1. The van der Waals surface area contributed by atoms with Gasteiger partial charge in [0, 0.05) is 25.4 Å². The Bertz CT molecular complexity index is 434. The van der Waals surface area contributed by atoms with E-state index in [0.717, 1.165) is 12.8 Å². The molecule has 0 aliphatic rings. The van der Waals surface area contributed by atoms with Gasteiger partial charge in [-0.3, -0.25) is 9.59 Å². The molecular weight excluding hydrogens is 270 g/mol. The van der Waals surface area contributed by atoms with Crippen LogP contribution in [0, 0.1) is 6.92 Å². The van der Waals surface area contributed by atoms with Crippen molar-refractivity contribution in [3.05, 3.63) is 11.8 Å². The summed E-state index contributed by atoms with van der Waals surface area (Å²) in [6, 6.07) is 1.61. The minimum Gasteiger partial charge on any atom is -0.360 e. The Morgan fingerprint density at radius 2 is 2.21 bits per heavy atom.